The number of hydrogen-bond acceptors (Lipinski definition) is 3. The lowest BCUT2D eigenvalue weighted by Gasteiger charge is -2.17. The minimum atomic E-state index is 0.422. The third-order valence-electron chi connectivity index (χ3n) is 5.64. The van der Waals surface area contributed by atoms with E-state index in [2.05, 4.69) is 54.8 Å². The highest BCUT2D eigenvalue weighted by Gasteiger charge is 2.14. The molecular weight excluding hydrogens is 392 g/mol. The van der Waals surface area contributed by atoms with E-state index >= 15 is 0 Å². The van der Waals surface area contributed by atoms with Crippen LogP contribution in [0.2, 0.25) is 5.02 Å². The normalized spacial score (nSPS) is 13.6. The van der Waals surface area contributed by atoms with E-state index in [9.17, 15) is 0 Å². The summed E-state index contributed by atoms with van der Waals surface area (Å²) in [6, 6.07) is 20.7. The largest absolute Gasteiger partial charge is 0.457 e. The van der Waals surface area contributed by atoms with Gasteiger partial charge in [0.25, 0.3) is 0 Å². The Morgan fingerprint density at radius 3 is 2.53 bits per heavy atom. The van der Waals surface area contributed by atoms with Crippen molar-refractivity contribution < 1.29 is 4.74 Å². The molecule has 3 aromatic carbocycles. The van der Waals surface area contributed by atoms with Crippen molar-refractivity contribution in [2.75, 3.05) is 18.4 Å². The molecular formula is C26H29ClN2O. The van der Waals surface area contributed by atoms with E-state index < -0.39 is 0 Å². The van der Waals surface area contributed by atoms with Crippen molar-refractivity contribution in [1.82, 2.24) is 5.32 Å². The molecule has 0 spiro atoms. The molecule has 1 aliphatic rings. The topological polar surface area (TPSA) is 33.3 Å². The Morgan fingerprint density at radius 2 is 1.73 bits per heavy atom. The molecule has 30 heavy (non-hydrogen) atoms. The molecule has 156 valence electrons. The van der Waals surface area contributed by atoms with E-state index in [1.54, 1.807) is 0 Å². The van der Waals surface area contributed by atoms with Crippen LogP contribution in [0.25, 0.3) is 0 Å². The number of hydrogen-bond donors (Lipinski definition) is 2. The SMILES string of the molecule is CC(C)c1ccccc1Oc1ccc(CNc2c(Cl)ccc3c2CCNCC3)cc1. The Kier molecular flexibility index (Phi) is 6.61. The Balaban J connectivity index is 1.45. The summed E-state index contributed by atoms with van der Waals surface area (Å²) in [6.07, 6.45) is 2.05. The molecule has 2 N–H and O–H groups in total. The predicted octanol–water partition coefficient (Wildman–Crippen LogP) is 6.56. The van der Waals surface area contributed by atoms with Gasteiger partial charge < -0.3 is 15.4 Å². The summed E-state index contributed by atoms with van der Waals surface area (Å²) in [5, 5.41) is 7.84. The van der Waals surface area contributed by atoms with E-state index in [1.165, 1.54) is 22.3 Å². The van der Waals surface area contributed by atoms with Gasteiger partial charge in [-0.25, -0.2) is 0 Å². The molecule has 3 aromatic rings. The molecule has 0 saturated heterocycles. The number of ether oxygens (including phenoxy) is 1. The number of fused-ring (bicyclic) bond motifs is 1. The first-order valence-electron chi connectivity index (χ1n) is 10.7. The first-order valence-corrected chi connectivity index (χ1v) is 11.1. The van der Waals surface area contributed by atoms with Gasteiger partial charge in [0, 0.05) is 6.54 Å². The third kappa shape index (κ3) is 4.80. The molecule has 0 amide bonds. The highest BCUT2D eigenvalue weighted by Crippen LogP contribution is 2.32. The second kappa shape index (κ2) is 9.55. The minimum absolute atomic E-state index is 0.422. The Bertz CT molecular complexity index is 998. The van der Waals surface area contributed by atoms with Gasteiger partial charge in [-0.2, -0.15) is 0 Å². The van der Waals surface area contributed by atoms with Gasteiger partial charge in [-0.15, -0.1) is 0 Å². The maximum Gasteiger partial charge on any atom is 0.130 e. The smallest absolute Gasteiger partial charge is 0.130 e. The van der Waals surface area contributed by atoms with Crippen molar-refractivity contribution in [3.8, 4) is 11.5 Å². The molecule has 3 nitrogen and oxygen atoms in total. The Labute approximate surface area is 184 Å². The van der Waals surface area contributed by atoms with Crippen LogP contribution in [0.3, 0.4) is 0 Å². The van der Waals surface area contributed by atoms with Crippen LogP contribution >= 0.6 is 11.6 Å². The zero-order valence-corrected chi connectivity index (χ0v) is 18.4. The van der Waals surface area contributed by atoms with Gasteiger partial charge in [0.2, 0.25) is 0 Å². The monoisotopic (exact) mass is 420 g/mol. The van der Waals surface area contributed by atoms with Crippen LogP contribution in [0, 0.1) is 0 Å². The fourth-order valence-electron chi connectivity index (χ4n) is 3.98. The molecule has 0 saturated carbocycles. The first-order chi connectivity index (χ1) is 14.6. The molecule has 0 fully saturated rings. The average molecular weight is 421 g/mol. The summed E-state index contributed by atoms with van der Waals surface area (Å²) in [6.45, 7) is 7.11. The average Bonchev–Trinajstić information content (AvgIpc) is 3.00. The second-order valence-electron chi connectivity index (χ2n) is 8.10. The van der Waals surface area contributed by atoms with Gasteiger partial charge in [0.1, 0.15) is 11.5 Å². The first kappa shape index (κ1) is 20.8. The summed E-state index contributed by atoms with van der Waals surface area (Å²) >= 11 is 6.53. The van der Waals surface area contributed by atoms with Gasteiger partial charge in [0.05, 0.1) is 10.7 Å². The highest BCUT2D eigenvalue weighted by molar-refractivity contribution is 6.33. The fourth-order valence-corrected chi connectivity index (χ4v) is 4.22. The molecule has 1 heterocycles. The van der Waals surface area contributed by atoms with E-state index in [0.717, 1.165) is 54.7 Å². The summed E-state index contributed by atoms with van der Waals surface area (Å²) < 4.78 is 6.15. The van der Waals surface area contributed by atoms with Gasteiger partial charge in [-0.05, 0) is 78.4 Å². The number of rotatable bonds is 6. The quantitative estimate of drug-likeness (QED) is 0.474. The predicted molar refractivity (Wildman–Crippen MR) is 126 cm³/mol. The van der Waals surface area contributed by atoms with Crippen molar-refractivity contribution in [3.05, 3.63) is 87.9 Å². The van der Waals surface area contributed by atoms with Gasteiger partial charge in [0.15, 0.2) is 0 Å². The maximum absolute atomic E-state index is 6.53. The van der Waals surface area contributed by atoms with Crippen LogP contribution < -0.4 is 15.4 Å². The molecule has 0 bridgehead atoms. The van der Waals surface area contributed by atoms with E-state index in [4.69, 9.17) is 16.3 Å². The molecule has 4 rings (SSSR count). The van der Waals surface area contributed by atoms with Crippen molar-refractivity contribution in [2.24, 2.45) is 0 Å². The van der Waals surface area contributed by atoms with Crippen LogP contribution in [0.5, 0.6) is 11.5 Å². The molecule has 0 aliphatic carbocycles. The zero-order chi connectivity index (χ0) is 20.9. The summed E-state index contributed by atoms with van der Waals surface area (Å²) in [7, 11) is 0. The summed E-state index contributed by atoms with van der Waals surface area (Å²) in [5.41, 5.74) is 6.22. The lowest BCUT2D eigenvalue weighted by Crippen LogP contribution is -2.16. The van der Waals surface area contributed by atoms with Crippen molar-refractivity contribution in [3.63, 3.8) is 0 Å². The number of benzene rings is 3. The molecule has 0 unspecified atom stereocenters. The zero-order valence-electron chi connectivity index (χ0n) is 17.7. The van der Waals surface area contributed by atoms with E-state index in [0.29, 0.717) is 5.92 Å². The Morgan fingerprint density at radius 1 is 0.967 bits per heavy atom. The molecule has 0 radical (unpaired) electrons. The molecule has 0 atom stereocenters. The van der Waals surface area contributed by atoms with Gasteiger partial charge in [-0.1, -0.05) is 61.8 Å². The van der Waals surface area contributed by atoms with Crippen LogP contribution in [0.1, 0.15) is 42.0 Å². The molecule has 1 aliphatic heterocycles. The molecule has 0 aromatic heterocycles. The minimum Gasteiger partial charge on any atom is -0.457 e. The number of halogens is 1. The summed E-state index contributed by atoms with van der Waals surface area (Å²) in [4.78, 5) is 0. The van der Waals surface area contributed by atoms with Gasteiger partial charge in [-0.3, -0.25) is 0 Å². The second-order valence-corrected chi connectivity index (χ2v) is 8.51. The van der Waals surface area contributed by atoms with Crippen LogP contribution in [-0.4, -0.2) is 13.1 Å². The standard InChI is InChI=1S/C26H29ClN2O/c1-18(2)22-5-3-4-6-25(22)30-21-10-7-19(8-11-21)17-29-26-23-14-16-28-15-13-20(23)9-12-24(26)27/h3-12,18,28-29H,13-17H2,1-2H3. The lowest BCUT2D eigenvalue weighted by atomic mass is 10.0. The Hall–Kier alpha value is -2.49. The highest BCUT2D eigenvalue weighted by atomic mass is 35.5. The van der Waals surface area contributed by atoms with Crippen molar-refractivity contribution >= 4 is 17.3 Å². The molecule has 4 heteroatoms. The van der Waals surface area contributed by atoms with Crippen LogP contribution in [0.4, 0.5) is 5.69 Å². The van der Waals surface area contributed by atoms with E-state index in [-0.39, 0.29) is 0 Å². The van der Waals surface area contributed by atoms with Crippen molar-refractivity contribution in [1.29, 1.82) is 0 Å². The van der Waals surface area contributed by atoms with Crippen LogP contribution in [0.15, 0.2) is 60.7 Å². The summed E-state index contributed by atoms with van der Waals surface area (Å²) in [5.74, 6) is 2.20. The van der Waals surface area contributed by atoms with Crippen molar-refractivity contribution in [2.45, 2.75) is 39.2 Å². The number of para-hydroxylation sites is 1. The maximum atomic E-state index is 6.53. The third-order valence-corrected chi connectivity index (χ3v) is 5.96. The number of anilines is 1. The fraction of sp³-hybridized carbons (Fsp3) is 0.308. The van der Waals surface area contributed by atoms with E-state index in [1.807, 2.05) is 30.3 Å². The lowest BCUT2D eigenvalue weighted by molar-refractivity contribution is 0.473. The number of nitrogens with one attached hydrogen (secondary N) is 2. The van der Waals surface area contributed by atoms with Gasteiger partial charge >= 0.3 is 0 Å². The van der Waals surface area contributed by atoms with Crippen LogP contribution in [-0.2, 0) is 19.4 Å².